The summed E-state index contributed by atoms with van der Waals surface area (Å²) in [6.07, 6.45) is -7.75. The van der Waals surface area contributed by atoms with Gasteiger partial charge in [-0.2, -0.15) is 13.2 Å². The Morgan fingerprint density at radius 1 is 0.698 bits per heavy atom. The second-order valence-electron chi connectivity index (χ2n) is 9.64. The van der Waals surface area contributed by atoms with E-state index in [1.54, 1.807) is 67.8 Å². The molecule has 1 heterocycles. The van der Waals surface area contributed by atoms with Crippen molar-refractivity contribution in [1.29, 1.82) is 0 Å². The molecule has 1 aliphatic heterocycles. The number of rotatable bonds is 14. The van der Waals surface area contributed by atoms with E-state index in [0.717, 1.165) is 17.4 Å². The molecule has 0 saturated carbocycles. The Hall–Kier alpha value is -4.06. The van der Waals surface area contributed by atoms with Crippen molar-refractivity contribution in [3.8, 4) is 17.2 Å². The Morgan fingerprint density at radius 2 is 1.14 bits per heavy atom. The summed E-state index contributed by atoms with van der Waals surface area (Å²) >= 11 is 0. The van der Waals surface area contributed by atoms with E-state index in [0.29, 0.717) is 22.8 Å². The minimum absolute atomic E-state index is 0.00286. The molecule has 0 spiro atoms. The summed E-state index contributed by atoms with van der Waals surface area (Å²) in [6.45, 7) is 0.0536. The monoisotopic (exact) mass is 602 g/mol. The average Bonchev–Trinajstić information content (AvgIpc) is 3.03. The maximum Gasteiger partial charge on any atom is 0.454 e. The molecular weight excluding hydrogens is 569 g/mol. The fourth-order valence-electron chi connectivity index (χ4n) is 4.37. The summed E-state index contributed by atoms with van der Waals surface area (Å²) in [5.74, 6) is -0.133. The van der Waals surface area contributed by atoms with E-state index in [9.17, 15) is 18.0 Å². The van der Waals surface area contributed by atoms with E-state index in [2.05, 4.69) is 0 Å². The third kappa shape index (κ3) is 8.73. The number of Topliss-reactive ketones (excluding diaryl/α,β-unsaturated/α-hetero) is 1. The van der Waals surface area contributed by atoms with E-state index in [1.165, 1.54) is 14.2 Å². The lowest BCUT2D eigenvalue weighted by atomic mass is 9.95. The predicted molar refractivity (Wildman–Crippen MR) is 150 cm³/mol. The third-order valence-electron chi connectivity index (χ3n) is 6.76. The van der Waals surface area contributed by atoms with Crippen LogP contribution in [0.2, 0.25) is 0 Å². The molecule has 0 saturated heterocycles. The van der Waals surface area contributed by atoms with Crippen LogP contribution in [0.4, 0.5) is 13.2 Å². The minimum atomic E-state index is -5.14. The number of hydrogen-bond donors (Lipinski definition) is 0. The van der Waals surface area contributed by atoms with Gasteiger partial charge in [-0.1, -0.05) is 36.4 Å². The standard InChI is InChI=1S/C32H33F3O8/c1-37-24-10-4-21(5-11-24)16-40-20-28-30(43-18-23-8-14-26(39-3)15-9-23)29(27(19-41-28)31(36)32(33,34)35)42-17-22-6-12-25(38-2)13-7-22/h4-15,19,28-30H,16-18,20H2,1-3H3/t28-,29-,30-/m1/s1. The number of benzene rings is 3. The Bertz CT molecular complexity index is 1340. The van der Waals surface area contributed by atoms with E-state index in [-0.39, 0.29) is 26.4 Å². The number of halogens is 3. The van der Waals surface area contributed by atoms with Crippen molar-refractivity contribution in [2.75, 3.05) is 27.9 Å². The van der Waals surface area contributed by atoms with Gasteiger partial charge in [0, 0.05) is 0 Å². The van der Waals surface area contributed by atoms with Crippen molar-refractivity contribution in [3.05, 3.63) is 101 Å². The number of hydrogen-bond acceptors (Lipinski definition) is 8. The third-order valence-corrected chi connectivity index (χ3v) is 6.76. The Kier molecular flexibility index (Phi) is 11.0. The van der Waals surface area contributed by atoms with Gasteiger partial charge in [-0.05, 0) is 53.1 Å². The number of carbonyl (C=O) groups is 1. The molecule has 0 aromatic heterocycles. The van der Waals surface area contributed by atoms with Crippen LogP contribution in [0.25, 0.3) is 0 Å². The van der Waals surface area contributed by atoms with Gasteiger partial charge in [0.25, 0.3) is 5.78 Å². The van der Waals surface area contributed by atoms with Gasteiger partial charge >= 0.3 is 6.18 Å². The molecule has 0 radical (unpaired) electrons. The molecular formula is C32H33F3O8. The fourth-order valence-corrected chi connectivity index (χ4v) is 4.37. The molecule has 4 rings (SSSR count). The van der Waals surface area contributed by atoms with E-state index in [1.807, 2.05) is 12.1 Å². The SMILES string of the molecule is COc1ccc(COC[C@H]2OC=C(C(=O)C(F)(F)F)[C@@H](OCc3ccc(OC)cc3)[C@@H]2OCc2ccc(OC)cc2)cc1. The van der Waals surface area contributed by atoms with Gasteiger partial charge in [0.1, 0.15) is 35.6 Å². The van der Waals surface area contributed by atoms with Crippen LogP contribution in [0.3, 0.4) is 0 Å². The average molecular weight is 603 g/mol. The maximum atomic E-state index is 13.6. The molecule has 3 aromatic rings. The lowest BCUT2D eigenvalue weighted by Gasteiger charge is -2.37. The van der Waals surface area contributed by atoms with Gasteiger partial charge in [0.15, 0.2) is 0 Å². The van der Waals surface area contributed by atoms with E-state index < -0.39 is 35.8 Å². The van der Waals surface area contributed by atoms with Crippen molar-refractivity contribution in [1.82, 2.24) is 0 Å². The highest BCUT2D eigenvalue weighted by atomic mass is 19.4. The first-order valence-corrected chi connectivity index (χ1v) is 13.4. The molecule has 0 bridgehead atoms. The summed E-state index contributed by atoms with van der Waals surface area (Å²) in [7, 11) is 4.63. The number of alkyl halides is 3. The van der Waals surface area contributed by atoms with Gasteiger partial charge in [-0.15, -0.1) is 0 Å². The van der Waals surface area contributed by atoms with Crippen molar-refractivity contribution >= 4 is 5.78 Å². The molecule has 0 unspecified atom stereocenters. The molecule has 0 aliphatic carbocycles. The first-order chi connectivity index (χ1) is 20.7. The Morgan fingerprint density at radius 3 is 1.58 bits per heavy atom. The molecule has 0 amide bonds. The predicted octanol–water partition coefficient (Wildman–Crippen LogP) is 5.81. The van der Waals surface area contributed by atoms with Gasteiger partial charge in [-0.3, -0.25) is 4.79 Å². The van der Waals surface area contributed by atoms with Crippen molar-refractivity contribution < 1.29 is 51.1 Å². The van der Waals surface area contributed by atoms with Crippen LogP contribution >= 0.6 is 0 Å². The van der Waals surface area contributed by atoms with Gasteiger partial charge in [0.2, 0.25) is 0 Å². The summed E-state index contributed by atoms with van der Waals surface area (Å²) in [6, 6.07) is 21.1. The van der Waals surface area contributed by atoms with E-state index >= 15 is 0 Å². The molecule has 0 N–H and O–H groups in total. The normalized spacial score (nSPS) is 18.4. The molecule has 3 atom stereocenters. The fraction of sp³-hybridized carbons (Fsp3) is 0.344. The van der Waals surface area contributed by atoms with Crippen LogP contribution in [-0.4, -0.2) is 58.2 Å². The van der Waals surface area contributed by atoms with Crippen molar-refractivity contribution in [2.24, 2.45) is 0 Å². The smallest absolute Gasteiger partial charge is 0.454 e. The summed E-state index contributed by atoms with van der Waals surface area (Å²) in [5.41, 5.74) is 1.55. The number of ether oxygens (including phenoxy) is 7. The van der Waals surface area contributed by atoms with Crippen LogP contribution in [0.15, 0.2) is 84.6 Å². The van der Waals surface area contributed by atoms with Crippen LogP contribution in [0.5, 0.6) is 17.2 Å². The number of methoxy groups -OCH3 is 3. The Balaban J connectivity index is 1.57. The molecule has 43 heavy (non-hydrogen) atoms. The highest BCUT2D eigenvalue weighted by molar-refractivity contribution is 6.00. The summed E-state index contributed by atoms with van der Waals surface area (Å²) in [5, 5.41) is 0. The highest BCUT2D eigenvalue weighted by Gasteiger charge is 2.49. The molecule has 0 fully saturated rings. The van der Waals surface area contributed by atoms with Crippen molar-refractivity contribution in [3.63, 3.8) is 0 Å². The van der Waals surface area contributed by atoms with Gasteiger partial charge in [-0.25, -0.2) is 0 Å². The number of carbonyl (C=O) groups excluding carboxylic acids is 1. The zero-order chi connectivity index (χ0) is 30.8. The highest BCUT2D eigenvalue weighted by Crippen LogP contribution is 2.32. The van der Waals surface area contributed by atoms with Gasteiger partial charge < -0.3 is 33.2 Å². The number of ketones is 1. The first kappa shape index (κ1) is 31.9. The first-order valence-electron chi connectivity index (χ1n) is 13.4. The Labute approximate surface area is 247 Å². The van der Waals surface area contributed by atoms with Crippen LogP contribution in [0, 0.1) is 0 Å². The quantitative estimate of drug-likeness (QED) is 0.229. The van der Waals surface area contributed by atoms with Gasteiger partial charge in [0.05, 0.1) is 59.6 Å². The topological polar surface area (TPSA) is 81.7 Å². The van der Waals surface area contributed by atoms with Crippen molar-refractivity contribution in [2.45, 2.75) is 44.3 Å². The van der Waals surface area contributed by atoms with Crippen LogP contribution in [-0.2, 0) is 43.6 Å². The second-order valence-corrected chi connectivity index (χ2v) is 9.64. The summed E-state index contributed by atoms with van der Waals surface area (Å²) < 4.78 is 80.2. The second kappa shape index (κ2) is 14.9. The largest absolute Gasteiger partial charge is 0.497 e. The van der Waals surface area contributed by atoms with E-state index in [4.69, 9.17) is 33.2 Å². The molecule has 8 nitrogen and oxygen atoms in total. The van der Waals surface area contributed by atoms with Crippen LogP contribution in [0.1, 0.15) is 16.7 Å². The molecule has 11 heteroatoms. The van der Waals surface area contributed by atoms with Crippen LogP contribution < -0.4 is 14.2 Å². The minimum Gasteiger partial charge on any atom is -0.497 e. The molecule has 1 aliphatic rings. The lowest BCUT2D eigenvalue weighted by molar-refractivity contribution is -0.178. The zero-order valence-electron chi connectivity index (χ0n) is 24.0. The zero-order valence-corrected chi connectivity index (χ0v) is 24.0. The molecule has 3 aromatic carbocycles. The maximum absolute atomic E-state index is 13.6. The summed E-state index contributed by atoms with van der Waals surface area (Å²) in [4.78, 5) is 12.5. The lowest BCUT2D eigenvalue weighted by Crippen LogP contribution is -2.50. The molecule has 230 valence electrons.